The molecule has 1 saturated carbocycles. The molecule has 1 aliphatic rings. The summed E-state index contributed by atoms with van der Waals surface area (Å²) in [6, 6.07) is 0. The minimum Gasteiger partial charge on any atom is -0.391 e. The van der Waals surface area contributed by atoms with Crippen LogP contribution in [-0.2, 0) is 4.79 Å². The van der Waals surface area contributed by atoms with Crippen LogP contribution in [0, 0.1) is 5.92 Å². The molecule has 0 saturated heterocycles. The Morgan fingerprint density at radius 1 is 1.41 bits per heavy atom. The third-order valence-corrected chi connectivity index (χ3v) is 4.32. The maximum absolute atomic E-state index is 12.0. The van der Waals surface area contributed by atoms with E-state index in [-0.39, 0.29) is 5.91 Å². The number of rotatable bonds is 5. The predicted octanol–water partition coefficient (Wildman–Crippen LogP) is 2.53. The van der Waals surface area contributed by atoms with Crippen molar-refractivity contribution in [2.24, 2.45) is 11.7 Å². The smallest absolute Gasteiger partial charge is 0.221 e. The molecule has 1 aliphatic carbocycles. The highest BCUT2D eigenvalue weighted by Crippen LogP contribution is 2.26. The van der Waals surface area contributed by atoms with Crippen molar-refractivity contribution < 1.29 is 4.79 Å². The zero-order valence-electron chi connectivity index (χ0n) is 10.9. The van der Waals surface area contributed by atoms with Gasteiger partial charge in [-0.3, -0.25) is 4.79 Å². The van der Waals surface area contributed by atoms with Gasteiger partial charge in [0.1, 0.15) is 0 Å². The Kier molecular flexibility index (Phi) is 5.37. The van der Waals surface area contributed by atoms with Crippen LogP contribution in [0.3, 0.4) is 0 Å². The maximum atomic E-state index is 12.0. The molecule has 0 aliphatic heterocycles. The normalized spacial score (nSPS) is 20.6. The molecule has 17 heavy (non-hydrogen) atoms. The first-order valence-corrected chi connectivity index (χ1v) is 6.99. The lowest BCUT2D eigenvalue weighted by Crippen LogP contribution is -2.54. The van der Waals surface area contributed by atoms with Gasteiger partial charge in [-0.2, -0.15) is 0 Å². The van der Waals surface area contributed by atoms with Crippen molar-refractivity contribution in [3.8, 4) is 0 Å². The first-order chi connectivity index (χ1) is 7.98. The fourth-order valence-corrected chi connectivity index (χ4v) is 2.53. The van der Waals surface area contributed by atoms with Crippen LogP contribution in [0.4, 0.5) is 0 Å². The van der Waals surface area contributed by atoms with Gasteiger partial charge in [0.15, 0.2) is 0 Å². The number of hydrogen-bond acceptors (Lipinski definition) is 2. The van der Waals surface area contributed by atoms with Crippen LogP contribution in [0.5, 0.6) is 0 Å². The fourth-order valence-electron chi connectivity index (χ4n) is 2.34. The summed E-state index contributed by atoms with van der Waals surface area (Å²) in [4.78, 5) is 12.3. The van der Waals surface area contributed by atoms with Gasteiger partial charge < -0.3 is 11.1 Å². The highest BCUT2D eigenvalue weighted by Gasteiger charge is 2.28. The third kappa shape index (κ3) is 4.26. The SMILES string of the molecule is CCC(C)(NC(=O)CC1CCCCC1)C(N)=S. The third-order valence-electron chi connectivity index (χ3n) is 3.87. The molecule has 1 amide bonds. The highest BCUT2D eigenvalue weighted by atomic mass is 32.1. The van der Waals surface area contributed by atoms with Gasteiger partial charge in [0.25, 0.3) is 0 Å². The van der Waals surface area contributed by atoms with E-state index < -0.39 is 5.54 Å². The lowest BCUT2D eigenvalue weighted by molar-refractivity contribution is -0.123. The molecule has 0 bridgehead atoms. The molecule has 4 heteroatoms. The van der Waals surface area contributed by atoms with Gasteiger partial charge in [0, 0.05) is 6.42 Å². The summed E-state index contributed by atoms with van der Waals surface area (Å²) >= 11 is 5.02. The minimum absolute atomic E-state index is 0.0917. The van der Waals surface area contributed by atoms with Crippen molar-refractivity contribution in [3.63, 3.8) is 0 Å². The van der Waals surface area contributed by atoms with Crippen LogP contribution in [0.15, 0.2) is 0 Å². The van der Waals surface area contributed by atoms with Crippen molar-refractivity contribution in [3.05, 3.63) is 0 Å². The summed E-state index contributed by atoms with van der Waals surface area (Å²) in [7, 11) is 0. The maximum Gasteiger partial charge on any atom is 0.221 e. The lowest BCUT2D eigenvalue weighted by Gasteiger charge is -2.30. The molecule has 3 nitrogen and oxygen atoms in total. The van der Waals surface area contributed by atoms with Crippen LogP contribution in [0.2, 0.25) is 0 Å². The molecule has 0 aromatic carbocycles. The van der Waals surface area contributed by atoms with Crippen LogP contribution < -0.4 is 11.1 Å². The zero-order valence-corrected chi connectivity index (χ0v) is 11.7. The number of nitrogens with one attached hydrogen (secondary N) is 1. The summed E-state index contributed by atoms with van der Waals surface area (Å²) in [6.07, 6.45) is 7.57. The van der Waals surface area contributed by atoms with Gasteiger partial charge in [-0.15, -0.1) is 0 Å². The van der Waals surface area contributed by atoms with E-state index in [9.17, 15) is 4.79 Å². The predicted molar refractivity (Wildman–Crippen MR) is 74.8 cm³/mol. The van der Waals surface area contributed by atoms with Gasteiger partial charge in [-0.25, -0.2) is 0 Å². The van der Waals surface area contributed by atoms with Crippen LogP contribution in [-0.4, -0.2) is 16.4 Å². The number of nitrogens with two attached hydrogens (primary N) is 1. The minimum atomic E-state index is -0.527. The largest absolute Gasteiger partial charge is 0.391 e. The number of carbonyl (C=O) groups excluding carboxylic acids is 1. The Labute approximate surface area is 110 Å². The summed E-state index contributed by atoms with van der Waals surface area (Å²) in [5, 5.41) is 2.98. The van der Waals surface area contributed by atoms with E-state index in [1.54, 1.807) is 0 Å². The number of hydrogen-bond donors (Lipinski definition) is 2. The van der Waals surface area contributed by atoms with Crippen LogP contribution in [0.25, 0.3) is 0 Å². The highest BCUT2D eigenvalue weighted by molar-refractivity contribution is 7.80. The fraction of sp³-hybridized carbons (Fsp3) is 0.846. The molecule has 0 radical (unpaired) electrons. The van der Waals surface area contributed by atoms with Gasteiger partial charge >= 0.3 is 0 Å². The second-order valence-corrected chi connectivity index (χ2v) is 5.75. The van der Waals surface area contributed by atoms with E-state index in [1.807, 2.05) is 13.8 Å². The van der Waals surface area contributed by atoms with Gasteiger partial charge in [0.2, 0.25) is 5.91 Å². The monoisotopic (exact) mass is 256 g/mol. The van der Waals surface area contributed by atoms with Crippen molar-refractivity contribution in [2.75, 3.05) is 0 Å². The molecule has 0 aromatic rings. The van der Waals surface area contributed by atoms with Gasteiger partial charge in [-0.05, 0) is 32.1 Å². The zero-order chi connectivity index (χ0) is 12.9. The Morgan fingerprint density at radius 3 is 2.47 bits per heavy atom. The molecule has 1 fully saturated rings. The molecule has 0 heterocycles. The van der Waals surface area contributed by atoms with E-state index >= 15 is 0 Å². The molecule has 0 spiro atoms. The van der Waals surface area contributed by atoms with E-state index in [4.69, 9.17) is 18.0 Å². The summed E-state index contributed by atoms with van der Waals surface area (Å²) < 4.78 is 0. The Morgan fingerprint density at radius 2 is 2.00 bits per heavy atom. The molecule has 1 rings (SSSR count). The van der Waals surface area contributed by atoms with E-state index in [2.05, 4.69) is 5.32 Å². The molecular weight excluding hydrogens is 232 g/mol. The Hall–Kier alpha value is -0.640. The van der Waals surface area contributed by atoms with E-state index in [0.29, 0.717) is 17.3 Å². The number of amides is 1. The summed E-state index contributed by atoms with van der Waals surface area (Å²) in [5.74, 6) is 0.644. The average molecular weight is 256 g/mol. The van der Waals surface area contributed by atoms with Gasteiger partial charge in [-0.1, -0.05) is 38.4 Å². The lowest BCUT2D eigenvalue weighted by atomic mass is 9.86. The second kappa shape index (κ2) is 6.34. The Bertz CT molecular complexity index is 287. The second-order valence-electron chi connectivity index (χ2n) is 5.31. The van der Waals surface area contributed by atoms with Crippen molar-refractivity contribution in [1.29, 1.82) is 0 Å². The Balaban J connectivity index is 2.44. The van der Waals surface area contributed by atoms with E-state index in [0.717, 1.165) is 6.42 Å². The van der Waals surface area contributed by atoms with Crippen molar-refractivity contribution in [1.82, 2.24) is 5.32 Å². The quantitative estimate of drug-likeness (QED) is 0.743. The molecule has 98 valence electrons. The number of carbonyl (C=O) groups is 1. The molecule has 3 N–H and O–H groups in total. The molecule has 1 atom stereocenters. The van der Waals surface area contributed by atoms with Crippen molar-refractivity contribution >= 4 is 23.1 Å². The average Bonchev–Trinajstić information content (AvgIpc) is 2.29. The standard InChI is InChI=1S/C13H24N2OS/c1-3-13(2,12(14)17)15-11(16)9-10-7-5-4-6-8-10/h10H,3-9H2,1-2H3,(H2,14,17)(H,15,16). The van der Waals surface area contributed by atoms with Crippen molar-refractivity contribution in [2.45, 2.75) is 64.3 Å². The van der Waals surface area contributed by atoms with E-state index in [1.165, 1.54) is 32.1 Å². The summed E-state index contributed by atoms with van der Waals surface area (Å²) in [6.45, 7) is 3.88. The molecule has 1 unspecified atom stereocenters. The topological polar surface area (TPSA) is 55.1 Å². The molecule has 0 aromatic heterocycles. The number of thiocarbonyl (C=S) groups is 1. The van der Waals surface area contributed by atoms with Gasteiger partial charge in [0.05, 0.1) is 10.5 Å². The first-order valence-electron chi connectivity index (χ1n) is 6.59. The molecular formula is C13H24N2OS. The van der Waals surface area contributed by atoms with Crippen LogP contribution >= 0.6 is 12.2 Å². The summed E-state index contributed by atoms with van der Waals surface area (Å²) in [5.41, 5.74) is 5.15. The van der Waals surface area contributed by atoms with Crippen LogP contribution in [0.1, 0.15) is 58.8 Å². The first kappa shape index (κ1) is 14.4.